The van der Waals surface area contributed by atoms with Crippen molar-refractivity contribution in [3.8, 4) is 0 Å². The first-order chi connectivity index (χ1) is 9.02. The van der Waals surface area contributed by atoms with Crippen LogP contribution in [-0.4, -0.2) is 25.5 Å². The predicted molar refractivity (Wildman–Crippen MR) is 72.3 cm³/mol. The van der Waals surface area contributed by atoms with Gasteiger partial charge in [-0.15, -0.1) is 0 Å². The summed E-state index contributed by atoms with van der Waals surface area (Å²) < 4.78 is 3.21. The quantitative estimate of drug-likeness (QED) is 0.937. The van der Waals surface area contributed by atoms with Gasteiger partial charge in [0.1, 0.15) is 0 Å². The van der Waals surface area contributed by atoms with Gasteiger partial charge in [0.05, 0.1) is 28.5 Å². The molecule has 2 rings (SSSR count). The Kier molecular flexibility index (Phi) is 4.11. The van der Waals surface area contributed by atoms with E-state index in [9.17, 15) is 4.79 Å². The molecule has 0 aromatic carbocycles. The second-order valence-corrected chi connectivity index (χ2v) is 4.74. The fraction of sp³-hybridized carbons (Fsp3) is 0.364. The van der Waals surface area contributed by atoms with Crippen molar-refractivity contribution in [1.82, 2.24) is 24.9 Å². The highest BCUT2D eigenvalue weighted by atomic mass is 35.5. The van der Waals surface area contributed by atoms with Crippen molar-refractivity contribution < 1.29 is 4.79 Å². The lowest BCUT2D eigenvalue weighted by Crippen LogP contribution is -2.25. The van der Waals surface area contributed by atoms with Gasteiger partial charge in [-0.1, -0.05) is 23.2 Å². The van der Waals surface area contributed by atoms with Crippen molar-refractivity contribution in [2.24, 2.45) is 7.05 Å². The van der Waals surface area contributed by atoms with Crippen LogP contribution in [0.2, 0.25) is 10.0 Å². The fourth-order valence-electron chi connectivity index (χ4n) is 1.60. The van der Waals surface area contributed by atoms with Gasteiger partial charge in [0.25, 0.3) is 5.91 Å². The van der Waals surface area contributed by atoms with Gasteiger partial charge >= 0.3 is 0 Å². The molecule has 0 saturated carbocycles. The van der Waals surface area contributed by atoms with Crippen LogP contribution in [0.1, 0.15) is 23.1 Å². The van der Waals surface area contributed by atoms with Gasteiger partial charge in [0, 0.05) is 19.8 Å². The Bertz CT molecular complexity index is 585. The van der Waals surface area contributed by atoms with Crippen LogP contribution in [0.5, 0.6) is 0 Å². The first-order valence-corrected chi connectivity index (χ1v) is 6.46. The highest BCUT2D eigenvalue weighted by Gasteiger charge is 2.16. The number of carbonyl (C=O) groups excluding carboxylic acids is 1. The second kappa shape index (κ2) is 5.63. The SMILES string of the molecule is CCn1cc(Cl)c(C(=O)NCc2c(Cl)cnn2C)n1. The van der Waals surface area contributed by atoms with Crippen LogP contribution in [0.3, 0.4) is 0 Å². The van der Waals surface area contributed by atoms with Gasteiger partial charge in [0.15, 0.2) is 5.69 Å². The maximum Gasteiger partial charge on any atom is 0.273 e. The molecule has 19 heavy (non-hydrogen) atoms. The molecule has 8 heteroatoms. The number of aryl methyl sites for hydroxylation is 2. The first-order valence-electron chi connectivity index (χ1n) is 5.70. The van der Waals surface area contributed by atoms with E-state index >= 15 is 0 Å². The summed E-state index contributed by atoms with van der Waals surface area (Å²) in [6, 6.07) is 0. The van der Waals surface area contributed by atoms with E-state index in [-0.39, 0.29) is 18.1 Å². The standard InChI is InChI=1S/C11H13Cl2N5O/c1-3-18-6-8(13)10(16-18)11(19)14-5-9-7(12)4-15-17(9)2/h4,6H,3,5H2,1-2H3,(H,14,19). The molecule has 2 aromatic heterocycles. The van der Waals surface area contributed by atoms with E-state index in [0.29, 0.717) is 16.6 Å². The molecule has 1 amide bonds. The van der Waals surface area contributed by atoms with Gasteiger partial charge in [-0.25, -0.2) is 0 Å². The zero-order chi connectivity index (χ0) is 14.0. The molecule has 2 aromatic rings. The summed E-state index contributed by atoms with van der Waals surface area (Å²) in [5.74, 6) is -0.338. The number of nitrogens with zero attached hydrogens (tertiary/aromatic N) is 4. The normalized spacial score (nSPS) is 10.7. The molecule has 2 heterocycles. The topological polar surface area (TPSA) is 64.7 Å². The molecule has 0 fully saturated rings. The Hall–Kier alpha value is -1.53. The van der Waals surface area contributed by atoms with Crippen LogP contribution in [0.15, 0.2) is 12.4 Å². The van der Waals surface area contributed by atoms with Gasteiger partial charge in [-0.05, 0) is 6.92 Å². The smallest absolute Gasteiger partial charge is 0.273 e. The third kappa shape index (κ3) is 2.90. The number of halogens is 2. The summed E-state index contributed by atoms with van der Waals surface area (Å²) in [7, 11) is 1.76. The van der Waals surface area contributed by atoms with Gasteiger partial charge in [-0.2, -0.15) is 10.2 Å². The minimum absolute atomic E-state index is 0.210. The van der Waals surface area contributed by atoms with Crippen LogP contribution < -0.4 is 5.32 Å². The lowest BCUT2D eigenvalue weighted by atomic mass is 10.3. The van der Waals surface area contributed by atoms with Crippen LogP contribution in [-0.2, 0) is 20.1 Å². The van der Waals surface area contributed by atoms with Crippen molar-refractivity contribution in [2.75, 3.05) is 0 Å². The summed E-state index contributed by atoms with van der Waals surface area (Å²) in [5.41, 5.74) is 0.933. The van der Waals surface area contributed by atoms with Crippen molar-refractivity contribution in [2.45, 2.75) is 20.0 Å². The number of hydrogen-bond acceptors (Lipinski definition) is 3. The van der Waals surface area contributed by atoms with Crippen LogP contribution in [0.25, 0.3) is 0 Å². The summed E-state index contributed by atoms with van der Waals surface area (Å²) >= 11 is 11.9. The van der Waals surface area contributed by atoms with Gasteiger partial charge in [-0.3, -0.25) is 14.2 Å². The van der Waals surface area contributed by atoms with Crippen LogP contribution >= 0.6 is 23.2 Å². The van der Waals surface area contributed by atoms with Crippen molar-refractivity contribution in [3.63, 3.8) is 0 Å². The fourth-order valence-corrected chi connectivity index (χ4v) is 2.06. The molecule has 102 valence electrons. The van der Waals surface area contributed by atoms with E-state index in [1.54, 1.807) is 22.6 Å². The number of rotatable bonds is 4. The lowest BCUT2D eigenvalue weighted by Gasteiger charge is -2.05. The summed E-state index contributed by atoms with van der Waals surface area (Å²) in [6.45, 7) is 2.84. The molecule has 0 spiro atoms. The van der Waals surface area contributed by atoms with Crippen molar-refractivity contribution >= 4 is 29.1 Å². The van der Waals surface area contributed by atoms with E-state index in [1.807, 2.05) is 6.92 Å². The molecule has 0 bridgehead atoms. The van der Waals surface area contributed by atoms with E-state index in [1.165, 1.54) is 6.20 Å². The van der Waals surface area contributed by atoms with E-state index in [4.69, 9.17) is 23.2 Å². The largest absolute Gasteiger partial charge is 0.345 e. The maximum absolute atomic E-state index is 12.0. The Morgan fingerprint density at radius 1 is 1.42 bits per heavy atom. The predicted octanol–water partition coefficient (Wildman–Crippen LogP) is 1.87. The highest BCUT2D eigenvalue weighted by molar-refractivity contribution is 6.33. The first kappa shape index (κ1) is 13.9. The molecule has 1 N–H and O–H groups in total. The minimum Gasteiger partial charge on any atom is -0.345 e. The van der Waals surface area contributed by atoms with Crippen LogP contribution in [0.4, 0.5) is 0 Å². The molecule has 0 saturated heterocycles. The molecule has 0 atom stereocenters. The second-order valence-electron chi connectivity index (χ2n) is 3.93. The number of hydrogen-bond donors (Lipinski definition) is 1. The molecule has 0 aliphatic rings. The molecule has 0 aliphatic carbocycles. The average molecular weight is 302 g/mol. The summed E-state index contributed by atoms with van der Waals surface area (Å²) in [6.07, 6.45) is 3.15. The summed E-state index contributed by atoms with van der Waals surface area (Å²) in [4.78, 5) is 12.0. The molecule has 0 radical (unpaired) electrons. The third-order valence-electron chi connectivity index (χ3n) is 2.68. The zero-order valence-electron chi connectivity index (χ0n) is 10.5. The molecule has 6 nitrogen and oxygen atoms in total. The monoisotopic (exact) mass is 301 g/mol. The van der Waals surface area contributed by atoms with Crippen molar-refractivity contribution in [3.05, 3.63) is 33.8 Å². The number of aromatic nitrogens is 4. The zero-order valence-corrected chi connectivity index (χ0v) is 12.0. The number of nitrogens with one attached hydrogen (secondary N) is 1. The molecule has 0 unspecified atom stereocenters. The summed E-state index contributed by atoms with van der Waals surface area (Å²) in [5, 5.41) is 11.6. The number of carbonyl (C=O) groups is 1. The van der Waals surface area contributed by atoms with E-state index < -0.39 is 0 Å². The average Bonchev–Trinajstić information content (AvgIpc) is 2.91. The van der Waals surface area contributed by atoms with E-state index in [2.05, 4.69) is 15.5 Å². The Morgan fingerprint density at radius 2 is 2.16 bits per heavy atom. The third-order valence-corrected chi connectivity index (χ3v) is 3.28. The maximum atomic E-state index is 12.0. The van der Waals surface area contributed by atoms with Gasteiger partial charge < -0.3 is 5.32 Å². The Labute approximate surface area is 120 Å². The Balaban J connectivity index is 2.07. The van der Waals surface area contributed by atoms with Crippen molar-refractivity contribution in [1.29, 1.82) is 0 Å². The minimum atomic E-state index is -0.338. The molecular formula is C11H13Cl2N5O. The Morgan fingerprint density at radius 3 is 2.68 bits per heavy atom. The highest BCUT2D eigenvalue weighted by Crippen LogP contribution is 2.16. The van der Waals surface area contributed by atoms with Gasteiger partial charge in [0.2, 0.25) is 0 Å². The van der Waals surface area contributed by atoms with E-state index in [0.717, 1.165) is 5.69 Å². The molecular weight excluding hydrogens is 289 g/mol. The molecule has 0 aliphatic heterocycles. The van der Waals surface area contributed by atoms with Crippen LogP contribution in [0, 0.1) is 0 Å². The lowest BCUT2D eigenvalue weighted by molar-refractivity contribution is 0.0944. The number of amides is 1.